The summed E-state index contributed by atoms with van der Waals surface area (Å²) in [7, 11) is 0. The normalized spacial score (nSPS) is 13.4. The van der Waals surface area contributed by atoms with Crippen molar-refractivity contribution in [1.82, 2.24) is 0 Å². The fourth-order valence-electron chi connectivity index (χ4n) is 9.12. The van der Waals surface area contributed by atoms with E-state index in [4.69, 9.17) is 0 Å². The molecule has 7 rings (SSSR count). The van der Waals surface area contributed by atoms with Crippen LogP contribution in [-0.2, 0) is 37.9 Å². The van der Waals surface area contributed by atoms with Gasteiger partial charge in [-0.25, -0.2) is 0 Å². The second kappa shape index (κ2) is 17.3. The van der Waals surface area contributed by atoms with E-state index in [1.165, 1.54) is 82.7 Å². The molecule has 0 atom stereocenters. The molecule has 0 saturated heterocycles. The van der Waals surface area contributed by atoms with Gasteiger partial charge in [0.2, 0.25) is 0 Å². The number of fused-ring (bicyclic) bond motifs is 2. The molecular formula is C66H84N2. The van der Waals surface area contributed by atoms with Gasteiger partial charge in [-0.15, -0.1) is 0 Å². The molecule has 7 aromatic carbocycles. The molecule has 2 heteroatoms. The predicted octanol–water partition coefficient (Wildman–Crippen LogP) is 19.9. The largest absolute Gasteiger partial charge is 0.354 e. The van der Waals surface area contributed by atoms with Crippen LogP contribution in [0.5, 0.6) is 0 Å². The lowest BCUT2D eigenvalue weighted by Gasteiger charge is -2.28. The first-order chi connectivity index (χ1) is 31.1. The van der Waals surface area contributed by atoms with Gasteiger partial charge in [-0.1, -0.05) is 224 Å². The minimum atomic E-state index is -0.0495. The van der Waals surface area contributed by atoms with Crippen LogP contribution in [0.25, 0.3) is 43.8 Å². The zero-order valence-electron chi connectivity index (χ0n) is 46.0. The topological polar surface area (TPSA) is 24.1 Å². The van der Waals surface area contributed by atoms with Crippen LogP contribution in [0, 0.1) is 0 Å². The summed E-state index contributed by atoms with van der Waals surface area (Å²) in [5, 5.41) is 13.0. The van der Waals surface area contributed by atoms with Crippen molar-refractivity contribution in [3.8, 4) is 22.3 Å². The first-order valence-corrected chi connectivity index (χ1v) is 25.2. The molecule has 0 amide bonds. The lowest BCUT2D eigenvalue weighted by molar-refractivity contribution is 0.568. The second-order valence-electron chi connectivity index (χ2n) is 27.3. The highest BCUT2D eigenvalue weighted by Crippen LogP contribution is 2.46. The van der Waals surface area contributed by atoms with Gasteiger partial charge in [0.25, 0.3) is 0 Å². The molecule has 0 unspecified atom stereocenters. The highest BCUT2D eigenvalue weighted by molar-refractivity contribution is 6.21. The van der Waals surface area contributed by atoms with Crippen molar-refractivity contribution in [2.45, 2.75) is 183 Å². The summed E-state index contributed by atoms with van der Waals surface area (Å²) in [5.41, 5.74) is 18.6. The summed E-state index contributed by atoms with van der Waals surface area (Å²) in [6.07, 6.45) is 0. The van der Waals surface area contributed by atoms with Crippen LogP contribution >= 0.6 is 0 Å². The highest BCUT2D eigenvalue weighted by Gasteiger charge is 2.26. The van der Waals surface area contributed by atoms with Crippen molar-refractivity contribution in [2.75, 3.05) is 10.6 Å². The van der Waals surface area contributed by atoms with Gasteiger partial charge >= 0.3 is 0 Å². The Hall–Kier alpha value is -5.34. The Kier molecular flexibility index (Phi) is 12.8. The quantitative estimate of drug-likeness (QED) is 0.128. The Balaban J connectivity index is 1.54. The average Bonchev–Trinajstić information content (AvgIpc) is 3.22. The summed E-state index contributed by atoms with van der Waals surface area (Å²) >= 11 is 0. The van der Waals surface area contributed by atoms with Crippen molar-refractivity contribution < 1.29 is 0 Å². The predicted molar refractivity (Wildman–Crippen MR) is 303 cm³/mol. The number of anilines is 4. The SMILES string of the molecule is CC(C)(C)c1cc(Nc2c3ccccc3c(Nc3cc(-c4cc(C(C)(C)C)cc(C(C)(C)C)c4)cc(-c4cc(C(C)(C)C)cc(C(C)(C)C)c4)c3)c3cc(C(C)(C)C)ccc23)cc(C(C)(C)C)c1. The minimum absolute atomic E-state index is 0.00461. The lowest BCUT2D eigenvalue weighted by atomic mass is 9.78. The van der Waals surface area contributed by atoms with Crippen LogP contribution in [0.15, 0.2) is 115 Å². The average molecular weight is 905 g/mol. The molecule has 0 radical (unpaired) electrons. The van der Waals surface area contributed by atoms with Crippen LogP contribution in [0.1, 0.15) is 184 Å². The Morgan fingerprint density at radius 3 is 0.853 bits per heavy atom. The fraction of sp³-hybridized carbons (Fsp3) is 0.424. The molecule has 0 spiro atoms. The van der Waals surface area contributed by atoms with Crippen LogP contribution in [0.2, 0.25) is 0 Å². The van der Waals surface area contributed by atoms with Gasteiger partial charge in [0.1, 0.15) is 0 Å². The van der Waals surface area contributed by atoms with E-state index in [2.05, 4.69) is 271 Å². The van der Waals surface area contributed by atoms with Crippen molar-refractivity contribution in [3.05, 3.63) is 154 Å². The molecular weight excluding hydrogens is 821 g/mol. The van der Waals surface area contributed by atoms with E-state index in [0.717, 1.165) is 22.7 Å². The Labute approximate surface area is 412 Å². The van der Waals surface area contributed by atoms with E-state index < -0.39 is 0 Å². The molecule has 0 heterocycles. The maximum Gasteiger partial charge on any atom is 0.0545 e. The van der Waals surface area contributed by atoms with Gasteiger partial charge in [-0.3, -0.25) is 0 Å². The number of hydrogen-bond acceptors (Lipinski definition) is 2. The first kappa shape index (κ1) is 50.5. The van der Waals surface area contributed by atoms with Gasteiger partial charge in [-0.2, -0.15) is 0 Å². The van der Waals surface area contributed by atoms with Gasteiger partial charge in [0.15, 0.2) is 0 Å². The van der Waals surface area contributed by atoms with Crippen molar-refractivity contribution >= 4 is 44.3 Å². The van der Waals surface area contributed by atoms with Crippen molar-refractivity contribution in [3.63, 3.8) is 0 Å². The summed E-state index contributed by atoms with van der Waals surface area (Å²) in [6, 6.07) is 45.0. The fourth-order valence-corrected chi connectivity index (χ4v) is 9.12. The van der Waals surface area contributed by atoms with Crippen LogP contribution in [-0.4, -0.2) is 0 Å². The van der Waals surface area contributed by atoms with E-state index in [1.54, 1.807) is 0 Å². The molecule has 0 aliphatic rings. The lowest BCUT2D eigenvalue weighted by Crippen LogP contribution is -2.17. The molecule has 7 aromatic rings. The Morgan fingerprint density at radius 1 is 0.235 bits per heavy atom. The second-order valence-corrected chi connectivity index (χ2v) is 27.3. The van der Waals surface area contributed by atoms with Gasteiger partial charge in [0.05, 0.1) is 11.4 Å². The summed E-state index contributed by atoms with van der Waals surface area (Å²) < 4.78 is 0. The third-order valence-electron chi connectivity index (χ3n) is 14.0. The third kappa shape index (κ3) is 10.9. The van der Waals surface area contributed by atoms with Crippen molar-refractivity contribution in [1.29, 1.82) is 0 Å². The summed E-state index contributed by atoms with van der Waals surface area (Å²) in [5.74, 6) is 0. The number of nitrogens with one attached hydrogen (secondary N) is 2. The number of benzene rings is 7. The molecule has 358 valence electrons. The summed E-state index contributed by atoms with van der Waals surface area (Å²) in [4.78, 5) is 0. The van der Waals surface area contributed by atoms with Gasteiger partial charge < -0.3 is 10.6 Å². The third-order valence-corrected chi connectivity index (χ3v) is 14.0. The van der Waals surface area contributed by atoms with Crippen LogP contribution in [0.3, 0.4) is 0 Å². The van der Waals surface area contributed by atoms with E-state index in [1.807, 2.05) is 0 Å². The molecule has 0 aliphatic heterocycles. The molecule has 2 nitrogen and oxygen atoms in total. The number of hydrogen-bond donors (Lipinski definition) is 2. The smallest absolute Gasteiger partial charge is 0.0545 e. The Bertz CT molecular complexity index is 2820. The summed E-state index contributed by atoms with van der Waals surface area (Å²) in [6.45, 7) is 48.8. The first-order valence-electron chi connectivity index (χ1n) is 25.2. The zero-order chi connectivity index (χ0) is 50.3. The van der Waals surface area contributed by atoms with E-state index in [-0.39, 0.29) is 37.9 Å². The number of rotatable bonds is 6. The molecule has 0 aromatic heterocycles. The van der Waals surface area contributed by atoms with Crippen molar-refractivity contribution in [2.24, 2.45) is 0 Å². The molecule has 2 N–H and O–H groups in total. The maximum absolute atomic E-state index is 4.19. The Morgan fingerprint density at radius 2 is 0.515 bits per heavy atom. The molecule has 0 bridgehead atoms. The van der Waals surface area contributed by atoms with E-state index in [9.17, 15) is 0 Å². The minimum Gasteiger partial charge on any atom is -0.354 e. The zero-order valence-corrected chi connectivity index (χ0v) is 46.0. The molecule has 0 saturated carbocycles. The van der Waals surface area contributed by atoms with Gasteiger partial charge in [-0.05, 0) is 136 Å². The van der Waals surface area contributed by atoms with Crippen LogP contribution in [0.4, 0.5) is 22.7 Å². The standard InChI is InChI=1S/C66H84N2/c1-60(2,3)45-26-27-56-57(40-45)59(55-25-23-22-24-54(55)58(56)68-53-38-50(65(16,17)18)37-51(39-53)66(19,20)21)67-52-33-41(43-29-46(61(4,5)6)35-47(30-43)62(7,8)9)28-42(34-52)44-31-48(63(10,11)12)36-49(32-44)64(13,14)15/h22-40,67-68H,1-21H3. The maximum atomic E-state index is 4.19. The van der Waals surface area contributed by atoms with E-state index in [0.29, 0.717) is 0 Å². The van der Waals surface area contributed by atoms with E-state index >= 15 is 0 Å². The molecule has 0 fully saturated rings. The van der Waals surface area contributed by atoms with Crippen LogP contribution < -0.4 is 10.6 Å². The van der Waals surface area contributed by atoms with Gasteiger partial charge in [0, 0.05) is 32.9 Å². The molecule has 68 heavy (non-hydrogen) atoms. The highest BCUT2D eigenvalue weighted by atomic mass is 14.9. The molecule has 0 aliphatic carbocycles. The monoisotopic (exact) mass is 905 g/mol.